The van der Waals surface area contributed by atoms with Crippen LogP contribution < -0.4 is 5.32 Å². The highest BCUT2D eigenvalue weighted by molar-refractivity contribution is 6.30. The Hall–Kier alpha value is -3.18. The second-order valence-electron chi connectivity index (χ2n) is 9.54. The lowest BCUT2D eigenvalue weighted by atomic mass is 9.83. The van der Waals surface area contributed by atoms with Gasteiger partial charge in [0.2, 0.25) is 5.91 Å². The van der Waals surface area contributed by atoms with Crippen LogP contribution in [-0.4, -0.2) is 22.0 Å². The first-order chi connectivity index (χ1) is 16.8. The number of halogens is 1. The summed E-state index contributed by atoms with van der Waals surface area (Å²) in [6.45, 7) is 3.85. The van der Waals surface area contributed by atoms with Gasteiger partial charge in [0.15, 0.2) is 0 Å². The van der Waals surface area contributed by atoms with Crippen molar-refractivity contribution in [2.45, 2.75) is 57.8 Å². The van der Waals surface area contributed by atoms with Gasteiger partial charge in [-0.05, 0) is 66.0 Å². The van der Waals surface area contributed by atoms with Crippen LogP contribution in [0.3, 0.4) is 0 Å². The zero-order valence-electron chi connectivity index (χ0n) is 20.1. The number of nitrogens with one attached hydrogen (secondary N) is 1. The number of hydrogen-bond donors (Lipinski definition) is 2. The molecular weight excluding hydrogens is 460 g/mol. The van der Waals surface area contributed by atoms with Crippen LogP contribution >= 0.6 is 11.6 Å². The maximum absolute atomic E-state index is 13.7. The second-order valence-corrected chi connectivity index (χ2v) is 9.98. The van der Waals surface area contributed by atoms with Gasteiger partial charge in [-0.3, -0.25) is 14.6 Å². The van der Waals surface area contributed by atoms with Gasteiger partial charge in [-0.1, -0.05) is 67.8 Å². The van der Waals surface area contributed by atoms with Crippen molar-refractivity contribution in [2.75, 3.05) is 5.32 Å². The van der Waals surface area contributed by atoms with Crippen LogP contribution in [0.25, 0.3) is 11.1 Å². The summed E-state index contributed by atoms with van der Waals surface area (Å²) in [5.74, 6) is -0.931. The summed E-state index contributed by atoms with van der Waals surface area (Å²) in [7, 11) is 0. The van der Waals surface area contributed by atoms with Crippen molar-refractivity contribution in [3.05, 3.63) is 82.6 Å². The van der Waals surface area contributed by atoms with Crippen LogP contribution in [0.5, 0.6) is 0 Å². The molecule has 3 aromatic rings. The zero-order chi connectivity index (χ0) is 24.9. The van der Waals surface area contributed by atoms with Crippen LogP contribution in [0.1, 0.15) is 67.6 Å². The third-order valence-corrected chi connectivity index (χ3v) is 7.31. The number of benzene rings is 2. The average molecular weight is 491 g/mol. The van der Waals surface area contributed by atoms with Crippen LogP contribution in [-0.2, 0) is 9.59 Å². The summed E-state index contributed by atoms with van der Waals surface area (Å²) in [5.41, 5.74) is 5.56. The van der Waals surface area contributed by atoms with Gasteiger partial charge in [-0.15, -0.1) is 0 Å². The number of nitrogens with zero attached hydrogens (tertiary/aromatic N) is 1. The van der Waals surface area contributed by atoms with Gasteiger partial charge in [0.1, 0.15) is 0 Å². The Balaban J connectivity index is 1.60. The van der Waals surface area contributed by atoms with Crippen molar-refractivity contribution in [1.29, 1.82) is 0 Å². The summed E-state index contributed by atoms with van der Waals surface area (Å²) in [4.78, 5) is 29.1. The van der Waals surface area contributed by atoms with E-state index in [1.54, 1.807) is 12.4 Å². The van der Waals surface area contributed by atoms with E-state index in [9.17, 15) is 14.7 Å². The highest BCUT2D eigenvalue weighted by atomic mass is 35.5. The van der Waals surface area contributed by atoms with Crippen molar-refractivity contribution in [2.24, 2.45) is 5.92 Å². The fraction of sp³-hybridized carbons (Fsp3) is 0.345. The molecular formula is C29H31ClN2O3. The quantitative estimate of drug-likeness (QED) is 0.350. The molecule has 5 nitrogen and oxygen atoms in total. The highest BCUT2D eigenvalue weighted by Gasteiger charge is 2.32. The van der Waals surface area contributed by atoms with Crippen LogP contribution in [0.2, 0.25) is 5.02 Å². The number of amides is 1. The first-order valence-electron chi connectivity index (χ1n) is 12.2. The molecule has 1 aromatic heterocycles. The van der Waals surface area contributed by atoms with E-state index in [1.165, 1.54) is 0 Å². The summed E-state index contributed by atoms with van der Waals surface area (Å²) in [6, 6.07) is 15.7. The summed E-state index contributed by atoms with van der Waals surface area (Å²) in [5, 5.41) is 13.0. The number of aromatic nitrogens is 1. The molecule has 0 spiro atoms. The molecule has 1 fully saturated rings. The number of carbonyl (C=O) groups is 2. The Morgan fingerprint density at radius 2 is 1.80 bits per heavy atom. The predicted octanol–water partition coefficient (Wildman–Crippen LogP) is 7.20. The predicted molar refractivity (Wildman–Crippen MR) is 140 cm³/mol. The molecule has 4 rings (SSSR count). The minimum absolute atomic E-state index is 0.0137. The smallest absolute Gasteiger partial charge is 0.303 e. The molecule has 35 heavy (non-hydrogen) atoms. The summed E-state index contributed by atoms with van der Waals surface area (Å²) in [6.07, 6.45) is 7.79. The average Bonchev–Trinajstić information content (AvgIpc) is 3.35. The van der Waals surface area contributed by atoms with Gasteiger partial charge in [0.05, 0.1) is 17.4 Å². The maximum Gasteiger partial charge on any atom is 0.303 e. The molecule has 2 aromatic carbocycles. The lowest BCUT2D eigenvalue weighted by molar-refractivity contribution is -0.137. The Bertz CT molecular complexity index is 1200. The number of aliphatic carboxylic acids is 1. The number of carboxylic acid groups (broad SMARTS) is 1. The molecule has 182 valence electrons. The van der Waals surface area contributed by atoms with Gasteiger partial charge in [0.25, 0.3) is 0 Å². The van der Waals surface area contributed by atoms with Crippen LogP contribution in [0.4, 0.5) is 5.69 Å². The third-order valence-electron chi connectivity index (χ3n) is 7.11. The monoisotopic (exact) mass is 490 g/mol. The molecule has 0 radical (unpaired) electrons. The van der Waals surface area contributed by atoms with Gasteiger partial charge >= 0.3 is 5.97 Å². The van der Waals surface area contributed by atoms with E-state index in [0.717, 1.165) is 59.2 Å². The fourth-order valence-electron chi connectivity index (χ4n) is 5.29. The zero-order valence-corrected chi connectivity index (χ0v) is 20.9. The molecule has 1 amide bonds. The Morgan fingerprint density at radius 3 is 2.46 bits per heavy atom. The molecule has 1 aliphatic rings. The van der Waals surface area contributed by atoms with Gasteiger partial charge < -0.3 is 10.4 Å². The molecule has 1 aliphatic carbocycles. The summed E-state index contributed by atoms with van der Waals surface area (Å²) < 4.78 is 0. The van der Waals surface area contributed by atoms with Crippen molar-refractivity contribution >= 4 is 29.2 Å². The van der Waals surface area contributed by atoms with E-state index in [2.05, 4.69) is 10.3 Å². The Labute approximate surface area is 211 Å². The lowest BCUT2D eigenvalue weighted by Gasteiger charge is -2.25. The van der Waals surface area contributed by atoms with E-state index >= 15 is 0 Å². The van der Waals surface area contributed by atoms with E-state index in [-0.39, 0.29) is 24.2 Å². The number of pyridine rings is 1. The number of carboxylic acids is 1. The molecule has 0 aliphatic heterocycles. The van der Waals surface area contributed by atoms with Gasteiger partial charge in [-0.2, -0.15) is 0 Å². The topological polar surface area (TPSA) is 79.3 Å². The molecule has 0 saturated heterocycles. The summed E-state index contributed by atoms with van der Waals surface area (Å²) >= 11 is 6.10. The van der Waals surface area contributed by atoms with Gasteiger partial charge in [-0.25, -0.2) is 0 Å². The van der Waals surface area contributed by atoms with Crippen molar-refractivity contribution < 1.29 is 14.7 Å². The maximum atomic E-state index is 13.7. The normalized spacial score (nSPS) is 15.5. The van der Waals surface area contributed by atoms with Crippen LogP contribution in [0, 0.1) is 12.8 Å². The lowest BCUT2D eigenvalue weighted by Crippen LogP contribution is -2.27. The molecule has 6 heteroatoms. The van der Waals surface area contributed by atoms with Gasteiger partial charge in [0, 0.05) is 23.6 Å². The number of rotatable bonds is 8. The second kappa shape index (κ2) is 11.0. The SMILES string of the molecule is Cc1c(NC(=O)[C@@H](c2ccc(-c3cncc(Cl)c3)cc2)C2CCCC2)cccc1[C@@H](C)CC(=O)O. The number of anilines is 1. The minimum atomic E-state index is -0.829. The highest BCUT2D eigenvalue weighted by Crippen LogP contribution is 2.39. The molecule has 1 heterocycles. The van der Waals surface area contributed by atoms with Crippen LogP contribution in [0.15, 0.2) is 60.9 Å². The Kier molecular flexibility index (Phi) is 7.86. The number of hydrogen-bond acceptors (Lipinski definition) is 3. The minimum Gasteiger partial charge on any atom is -0.481 e. The van der Waals surface area contributed by atoms with Crippen molar-refractivity contribution in [3.8, 4) is 11.1 Å². The van der Waals surface area contributed by atoms with Crippen molar-refractivity contribution in [1.82, 2.24) is 4.98 Å². The Morgan fingerprint density at radius 1 is 1.09 bits per heavy atom. The molecule has 1 saturated carbocycles. The molecule has 2 N–H and O–H groups in total. The van der Waals surface area contributed by atoms with E-state index in [1.807, 2.05) is 62.4 Å². The first kappa shape index (κ1) is 24.9. The van der Waals surface area contributed by atoms with E-state index in [4.69, 9.17) is 11.6 Å². The molecule has 0 bridgehead atoms. The standard InChI is InChI=1S/C29H31ClN2O3/c1-18(14-27(33)34)25-8-5-9-26(19(25)2)32-29(35)28(21-6-3-4-7-21)22-12-10-20(11-13-22)23-15-24(30)17-31-16-23/h5,8-13,15-18,21,28H,3-4,6-7,14H2,1-2H3,(H,32,35)(H,33,34)/t18-,28+/m0/s1. The number of carbonyl (C=O) groups excluding carboxylic acids is 1. The van der Waals surface area contributed by atoms with E-state index < -0.39 is 5.97 Å². The molecule has 0 unspecified atom stereocenters. The van der Waals surface area contributed by atoms with Crippen molar-refractivity contribution in [3.63, 3.8) is 0 Å². The fourth-order valence-corrected chi connectivity index (χ4v) is 5.46. The first-order valence-corrected chi connectivity index (χ1v) is 12.5. The van der Waals surface area contributed by atoms with E-state index in [0.29, 0.717) is 10.9 Å². The largest absolute Gasteiger partial charge is 0.481 e. The molecule has 2 atom stereocenters. The third kappa shape index (κ3) is 5.91.